The van der Waals surface area contributed by atoms with E-state index in [9.17, 15) is 4.79 Å². The molecule has 0 aliphatic carbocycles. The molecular weight excluding hydrogens is 182 g/mol. The van der Waals surface area contributed by atoms with Crippen LogP contribution in [0.3, 0.4) is 0 Å². The van der Waals surface area contributed by atoms with Crippen molar-refractivity contribution in [2.24, 2.45) is 0 Å². The van der Waals surface area contributed by atoms with Crippen LogP contribution in [0.5, 0.6) is 5.75 Å². The molecule has 5 nitrogen and oxygen atoms in total. The quantitative estimate of drug-likeness (QED) is 0.727. The molecule has 0 atom stereocenters. The Morgan fingerprint density at radius 1 is 1.64 bits per heavy atom. The van der Waals surface area contributed by atoms with Crippen LogP contribution < -0.4 is 15.6 Å². The molecule has 0 radical (unpaired) electrons. The van der Waals surface area contributed by atoms with Crippen molar-refractivity contribution in [3.63, 3.8) is 0 Å². The van der Waals surface area contributed by atoms with Crippen molar-refractivity contribution in [1.82, 2.24) is 15.3 Å². The van der Waals surface area contributed by atoms with Crippen molar-refractivity contribution in [3.8, 4) is 5.75 Å². The molecule has 0 aliphatic rings. The molecule has 1 aromatic rings. The Morgan fingerprint density at radius 2 is 2.36 bits per heavy atom. The molecule has 0 aromatic carbocycles. The molecule has 5 heteroatoms. The summed E-state index contributed by atoms with van der Waals surface area (Å²) in [5.74, 6) is 0.850. The van der Waals surface area contributed by atoms with Crippen LogP contribution in [0.15, 0.2) is 11.0 Å². The summed E-state index contributed by atoms with van der Waals surface area (Å²) in [5, 5.41) is 3.15. The van der Waals surface area contributed by atoms with Crippen molar-refractivity contribution in [1.29, 1.82) is 0 Å². The second-order valence-electron chi connectivity index (χ2n) is 3.26. The van der Waals surface area contributed by atoms with Gasteiger partial charge in [-0.3, -0.25) is 4.79 Å². The maximum Gasteiger partial charge on any atom is 0.293 e. The average molecular weight is 197 g/mol. The first-order chi connectivity index (χ1) is 6.63. The van der Waals surface area contributed by atoms with Gasteiger partial charge in [0.2, 0.25) is 5.75 Å². The third-order valence-electron chi connectivity index (χ3n) is 1.72. The van der Waals surface area contributed by atoms with Gasteiger partial charge in [-0.1, -0.05) is 13.8 Å². The largest absolute Gasteiger partial charge is 0.490 e. The highest BCUT2D eigenvalue weighted by atomic mass is 16.5. The van der Waals surface area contributed by atoms with E-state index in [0.29, 0.717) is 18.4 Å². The van der Waals surface area contributed by atoms with Crippen molar-refractivity contribution in [2.75, 3.05) is 7.11 Å². The van der Waals surface area contributed by atoms with Gasteiger partial charge in [0, 0.05) is 6.04 Å². The van der Waals surface area contributed by atoms with E-state index in [1.54, 1.807) is 0 Å². The van der Waals surface area contributed by atoms with Gasteiger partial charge in [-0.05, 0) is 0 Å². The van der Waals surface area contributed by atoms with E-state index in [1.165, 1.54) is 13.3 Å². The normalized spacial score (nSPS) is 10.6. The third-order valence-corrected chi connectivity index (χ3v) is 1.72. The first kappa shape index (κ1) is 10.7. The Morgan fingerprint density at radius 3 is 2.86 bits per heavy atom. The zero-order chi connectivity index (χ0) is 10.6. The molecule has 2 N–H and O–H groups in total. The third kappa shape index (κ3) is 2.85. The van der Waals surface area contributed by atoms with E-state index in [2.05, 4.69) is 15.3 Å². The summed E-state index contributed by atoms with van der Waals surface area (Å²) in [7, 11) is 1.44. The van der Waals surface area contributed by atoms with Gasteiger partial charge in [-0.2, -0.15) is 0 Å². The average Bonchev–Trinajstić information content (AvgIpc) is 2.15. The van der Waals surface area contributed by atoms with E-state index in [0.717, 1.165) is 0 Å². The summed E-state index contributed by atoms with van der Waals surface area (Å²) < 4.78 is 4.80. The molecule has 1 heterocycles. The van der Waals surface area contributed by atoms with E-state index < -0.39 is 0 Å². The van der Waals surface area contributed by atoms with Crippen molar-refractivity contribution >= 4 is 0 Å². The zero-order valence-electron chi connectivity index (χ0n) is 8.63. The first-order valence-corrected chi connectivity index (χ1v) is 4.49. The lowest BCUT2D eigenvalue weighted by Gasteiger charge is -2.07. The number of nitrogens with one attached hydrogen (secondary N) is 2. The predicted octanol–water partition coefficient (Wildman–Crippen LogP) is 0.276. The van der Waals surface area contributed by atoms with Crippen LogP contribution in [0.4, 0.5) is 0 Å². The SMILES string of the molecule is COc1cnc(CNC(C)C)[nH]c1=O. The number of aromatic nitrogens is 2. The highest BCUT2D eigenvalue weighted by Gasteiger charge is 2.02. The fourth-order valence-corrected chi connectivity index (χ4v) is 0.956. The Balaban J connectivity index is 2.72. The summed E-state index contributed by atoms with van der Waals surface area (Å²) in [5.41, 5.74) is -0.247. The van der Waals surface area contributed by atoms with Crippen molar-refractivity contribution < 1.29 is 4.74 Å². The van der Waals surface area contributed by atoms with Gasteiger partial charge in [0.25, 0.3) is 5.56 Å². The van der Waals surface area contributed by atoms with Gasteiger partial charge in [0.15, 0.2) is 0 Å². The molecule has 14 heavy (non-hydrogen) atoms. The van der Waals surface area contributed by atoms with Crippen LogP contribution in [-0.2, 0) is 6.54 Å². The summed E-state index contributed by atoms with van der Waals surface area (Å²) in [4.78, 5) is 17.9. The molecule has 0 amide bonds. The highest BCUT2D eigenvalue weighted by molar-refractivity contribution is 5.12. The van der Waals surface area contributed by atoms with Gasteiger partial charge >= 0.3 is 0 Å². The molecule has 0 aliphatic heterocycles. The maximum absolute atomic E-state index is 11.3. The smallest absolute Gasteiger partial charge is 0.293 e. The highest BCUT2D eigenvalue weighted by Crippen LogP contribution is 1.97. The molecule has 1 aromatic heterocycles. The Hall–Kier alpha value is -1.36. The monoisotopic (exact) mass is 197 g/mol. The first-order valence-electron chi connectivity index (χ1n) is 4.49. The van der Waals surface area contributed by atoms with E-state index >= 15 is 0 Å². The lowest BCUT2D eigenvalue weighted by Crippen LogP contribution is -2.25. The number of H-pyrrole nitrogens is 1. The molecule has 78 valence electrons. The van der Waals surface area contributed by atoms with Gasteiger partial charge in [-0.25, -0.2) is 4.98 Å². The minimum Gasteiger partial charge on any atom is -0.490 e. The summed E-state index contributed by atoms with van der Waals surface area (Å²) >= 11 is 0. The van der Waals surface area contributed by atoms with Crippen LogP contribution in [0, 0.1) is 0 Å². The standard InChI is InChI=1S/C9H15N3O2/c1-6(2)10-5-8-11-4-7(14-3)9(13)12-8/h4,6,10H,5H2,1-3H3,(H,11,12,13). The van der Waals surface area contributed by atoms with Gasteiger partial charge in [-0.15, -0.1) is 0 Å². The Bertz CT molecular complexity index is 346. The van der Waals surface area contributed by atoms with Gasteiger partial charge in [0.1, 0.15) is 5.82 Å². The lowest BCUT2D eigenvalue weighted by molar-refractivity contribution is 0.404. The number of rotatable bonds is 4. The number of hydrogen-bond acceptors (Lipinski definition) is 4. The second-order valence-corrected chi connectivity index (χ2v) is 3.26. The Labute approximate surface area is 82.5 Å². The molecule has 0 bridgehead atoms. The number of methoxy groups -OCH3 is 1. The summed E-state index contributed by atoms with van der Waals surface area (Å²) in [6.07, 6.45) is 1.43. The van der Waals surface area contributed by atoms with Crippen LogP contribution in [0.25, 0.3) is 0 Å². The Kier molecular flexibility index (Phi) is 3.64. The molecular formula is C9H15N3O2. The maximum atomic E-state index is 11.3. The summed E-state index contributed by atoms with van der Waals surface area (Å²) in [6.45, 7) is 4.61. The predicted molar refractivity (Wildman–Crippen MR) is 53.4 cm³/mol. The minimum atomic E-state index is -0.247. The van der Waals surface area contributed by atoms with Crippen molar-refractivity contribution in [3.05, 3.63) is 22.4 Å². The summed E-state index contributed by atoms with van der Waals surface area (Å²) in [6, 6.07) is 0.363. The van der Waals surface area contributed by atoms with Crippen LogP contribution in [0.1, 0.15) is 19.7 Å². The second kappa shape index (κ2) is 4.76. The van der Waals surface area contributed by atoms with Crippen LogP contribution in [-0.4, -0.2) is 23.1 Å². The van der Waals surface area contributed by atoms with Crippen LogP contribution in [0.2, 0.25) is 0 Å². The topological polar surface area (TPSA) is 67.0 Å². The molecule has 0 spiro atoms. The fourth-order valence-electron chi connectivity index (χ4n) is 0.956. The lowest BCUT2D eigenvalue weighted by atomic mass is 10.4. The molecule has 1 rings (SSSR count). The van der Waals surface area contributed by atoms with E-state index in [-0.39, 0.29) is 11.3 Å². The number of ether oxygens (including phenoxy) is 1. The van der Waals surface area contributed by atoms with Crippen molar-refractivity contribution in [2.45, 2.75) is 26.4 Å². The van der Waals surface area contributed by atoms with Gasteiger partial charge in [0.05, 0.1) is 19.9 Å². The molecule has 0 unspecified atom stereocenters. The van der Waals surface area contributed by atoms with Crippen LogP contribution >= 0.6 is 0 Å². The van der Waals surface area contributed by atoms with E-state index in [4.69, 9.17) is 4.74 Å². The number of aromatic amines is 1. The fraction of sp³-hybridized carbons (Fsp3) is 0.556. The molecule has 0 saturated carbocycles. The molecule has 0 fully saturated rings. The van der Waals surface area contributed by atoms with E-state index in [1.807, 2.05) is 13.8 Å². The van der Waals surface area contributed by atoms with Gasteiger partial charge < -0.3 is 15.0 Å². The molecule has 0 saturated heterocycles. The number of hydrogen-bond donors (Lipinski definition) is 2. The number of nitrogens with zero attached hydrogens (tertiary/aromatic N) is 1. The zero-order valence-corrected chi connectivity index (χ0v) is 8.63. The minimum absolute atomic E-state index is 0.235.